The lowest BCUT2D eigenvalue weighted by Gasteiger charge is -2.22. The van der Waals surface area contributed by atoms with Crippen molar-refractivity contribution in [3.63, 3.8) is 0 Å². The van der Waals surface area contributed by atoms with Crippen LogP contribution < -0.4 is 10.6 Å². The molecule has 1 saturated heterocycles. The molecule has 1 unspecified atom stereocenters. The fraction of sp³-hybridized carbons (Fsp3) is 0.500. The van der Waals surface area contributed by atoms with Crippen molar-refractivity contribution in [1.29, 1.82) is 0 Å². The number of carbonyl (C=O) groups excluding carboxylic acids is 1. The number of hydrogen-bond acceptors (Lipinski definition) is 3. The van der Waals surface area contributed by atoms with Crippen LogP contribution in [0.4, 0.5) is 5.69 Å². The number of nitrogens with one attached hydrogen (secondary N) is 2. The molecule has 1 aromatic rings. The Kier molecular flexibility index (Phi) is 4.59. The lowest BCUT2D eigenvalue weighted by Crippen LogP contribution is -2.24. The van der Waals surface area contributed by atoms with Crippen LogP contribution in [0.15, 0.2) is 24.3 Å². The van der Waals surface area contributed by atoms with Crippen molar-refractivity contribution in [2.24, 2.45) is 5.92 Å². The van der Waals surface area contributed by atoms with Crippen molar-refractivity contribution in [3.05, 3.63) is 29.8 Å². The second-order valence-corrected chi connectivity index (χ2v) is 4.62. The molecule has 1 aliphatic heterocycles. The van der Waals surface area contributed by atoms with E-state index in [0.29, 0.717) is 11.5 Å². The van der Waals surface area contributed by atoms with Crippen molar-refractivity contribution < 1.29 is 9.53 Å². The first-order chi connectivity index (χ1) is 8.79. The van der Waals surface area contributed by atoms with Crippen molar-refractivity contribution >= 4 is 11.6 Å². The van der Waals surface area contributed by atoms with Crippen LogP contribution in [0.1, 0.15) is 23.2 Å². The van der Waals surface area contributed by atoms with Crippen molar-refractivity contribution in [2.75, 3.05) is 32.1 Å². The summed E-state index contributed by atoms with van der Waals surface area (Å²) in [5.41, 5.74) is 1.73. The van der Waals surface area contributed by atoms with E-state index >= 15 is 0 Å². The van der Waals surface area contributed by atoms with Gasteiger partial charge in [0.2, 0.25) is 0 Å². The molecule has 1 fully saturated rings. The van der Waals surface area contributed by atoms with E-state index in [-0.39, 0.29) is 5.91 Å². The van der Waals surface area contributed by atoms with Gasteiger partial charge in [0.25, 0.3) is 5.91 Å². The van der Waals surface area contributed by atoms with E-state index in [4.69, 9.17) is 4.74 Å². The highest BCUT2D eigenvalue weighted by atomic mass is 16.5. The minimum atomic E-state index is -0.0535. The van der Waals surface area contributed by atoms with Crippen molar-refractivity contribution in [1.82, 2.24) is 5.32 Å². The molecule has 1 amide bonds. The fourth-order valence-electron chi connectivity index (χ4n) is 2.11. The second kappa shape index (κ2) is 6.40. The first kappa shape index (κ1) is 12.9. The SMILES string of the molecule is CNC(=O)c1ccc(NCC2CCCOC2)cc1. The molecule has 1 aliphatic rings. The Bertz CT molecular complexity index is 383. The Morgan fingerprint density at radius 1 is 1.39 bits per heavy atom. The van der Waals surface area contributed by atoms with Gasteiger partial charge in [-0.3, -0.25) is 4.79 Å². The van der Waals surface area contributed by atoms with Gasteiger partial charge in [-0.2, -0.15) is 0 Å². The van der Waals surface area contributed by atoms with Gasteiger partial charge in [-0.15, -0.1) is 0 Å². The van der Waals surface area contributed by atoms with Crippen LogP contribution in [0.2, 0.25) is 0 Å². The highest BCUT2D eigenvalue weighted by Gasteiger charge is 2.13. The molecular weight excluding hydrogens is 228 g/mol. The Balaban J connectivity index is 1.84. The molecule has 0 radical (unpaired) electrons. The highest BCUT2D eigenvalue weighted by Crippen LogP contribution is 2.15. The van der Waals surface area contributed by atoms with Crippen LogP contribution in [-0.4, -0.2) is 32.7 Å². The largest absolute Gasteiger partial charge is 0.385 e. The molecule has 18 heavy (non-hydrogen) atoms. The smallest absolute Gasteiger partial charge is 0.251 e. The standard InChI is InChI=1S/C14H20N2O2/c1-15-14(17)12-4-6-13(7-5-12)16-9-11-3-2-8-18-10-11/h4-7,11,16H,2-3,8-10H2,1H3,(H,15,17). The number of rotatable bonds is 4. The van der Waals surface area contributed by atoms with Gasteiger partial charge in [0.15, 0.2) is 0 Å². The summed E-state index contributed by atoms with van der Waals surface area (Å²) in [6.07, 6.45) is 2.38. The number of benzene rings is 1. The minimum Gasteiger partial charge on any atom is -0.385 e. The van der Waals surface area contributed by atoms with Gasteiger partial charge in [0.1, 0.15) is 0 Å². The third-order valence-corrected chi connectivity index (χ3v) is 3.22. The molecular formula is C14H20N2O2. The maximum Gasteiger partial charge on any atom is 0.251 e. The molecule has 0 aromatic heterocycles. The molecule has 2 N–H and O–H groups in total. The zero-order chi connectivity index (χ0) is 12.8. The number of amides is 1. The van der Waals surface area contributed by atoms with E-state index in [0.717, 1.165) is 31.9 Å². The first-order valence-electron chi connectivity index (χ1n) is 6.43. The van der Waals surface area contributed by atoms with Gasteiger partial charge in [-0.1, -0.05) is 0 Å². The summed E-state index contributed by atoms with van der Waals surface area (Å²) in [6, 6.07) is 7.54. The van der Waals surface area contributed by atoms with E-state index in [2.05, 4.69) is 10.6 Å². The van der Waals surface area contributed by atoms with E-state index in [9.17, 15) is 4.79 Å². The molecule has 1 aromatic carbocycles. The minimum absolute atomic E-state index is 0.0535. The first-order valence-corrected chi connectivity index (χ1v) is 6.43. The third kappa shape index (κ3) is 3.47. The van der Waals surface area contributed by atoms with Crippen LogP contribution in [0.5, 0.6) is 0 Å². The van der Waals surface area contributed by atoms with Gasteiger partial charge in [0.05, 0.1) is 6.61 Å². The average Bonchev–Trinajstić information content (AvgIpc) is 2.46. The molecule has 0 spiro atoms. The Morgan fingerprint density at radius 3 is 2.78 bits per heavy atom. The van der Waals surface area contributed by atoms with E-state index < -0.39 is 0 Å². The summed E-state index contributed by atoms with van der Waals surface area (Å²) in [7, 11) is 1.64. The molecule has 0 bridgehead atoms. The van der Waals surface area contributed by atoms with E-state index in [1.54, 1.807) is 7.05 Å². The van der Waals surface area contributed by atoms with Crippen LogP contribution in [0.25, 0.3) is 0 Å². The number of ether oxygens (including phenoxy) is 1. The second-order valence-electron chi connectivity index (χ2n) is 4.62. The Morgan fingerprint density at radius 2 is 2.17 bits per heavy atom. The van der Waals surface area contributed by atoms with Gasteiger partial charge in [-0.25, -0.2) is 0 Å². The molecule has 0 aliphatic carbocycles. The van der Waals surface area contributed by atoms with Crippen molar-refractivity contribution in [3.8, 4) is 0 Å². The van der Waals surface area contributed by atoms with Gasteiger partial charge >= 0.3 is 0 Å². The monoisotopic (exact) mass is 248 g/mol. The van der Waals surface area contributed by atoms with Gasteiger partial charge < -0.3 is 15.4 Å². The topological polar surface area (TPSA) is 50.4 Å². The van der Waals surface area contributed by atoms with E-state index in [1.165, 1.54) is 6.42 Å². The lowest BCUT2D eigenvalue weighted by molar-refractivity contribution is 0.0595. The quantitative estimate of drug-likeness (QED) is 0.855. The molecule has 4 heteroatoms. The number of carbonyl (C=O) groups is 1. The number of hydrogen-bond donors (Lipinski definition) is 2. The Hall–Kier alpha value is -1.55. The zero-order valence-corrected chi connectivity index (χ0v) is 10.7. The molecule has 2 rings (SSSR count). The van der Waals surface area contributed by atoms with Crippen LogP contribution in [0.3, 0.4) is 0 Å². The zero-order valence-electron chi connectivity index (χ0n) is 10.7. The summed E-state index contributed by atoms with van der Waals surface area (Å²) < 4.78 is 5.44. The summed E-state index contributed by atoms with van der Waals surface area (Å²) >= 11 is 0. The predicted molar refractivity (Wildman–Crippen MR) is 71.9 cm³/mol. The molecule has 1 atom stereocenters. The van der Waals surface area contributed by atoms with Crippen LogP contribution in [0, 0.1) is 5.92 Å². The lowest BCUT2D eigenvalue weighted by atomic mass is 10.0. The predicted octanol–water partition coefficient (Wildman–Crippen LogP) is 1.88. The van der Waals surface area contributed by atoms with Gasteiger partial charge in [0, 0.05) is 31.5 Å². The summed E-state index contributed by atoms with van der Waals surface area (Å²) in [5, 5.41) is 6.00. The number of anilines is 1. The summed E-state index contributed by atoms with van der Waals surface area (Å²) in [5.74, 6) is 0.541. The fourth-order valence-corrected chi connectivity index (χ4v) is 2.11. The molecule has 4 nitrogen and oxygen atoms in total. The van der Waals surface area contributed by atoms with Crippen molar-refractivity contribution in [2.45, 2.75) is 12.8 Å². The summed E-state index contributed by atoms with van der Waals surface area (Å²) in [4.78, 5) is 11.4. The maximum absolute atomic E-state index is 11.4. The van der Waals surface area contributed by atoms with E-state index in [1.807, 2.05) is 24.3 Å². The third-order valence-electron chi connectivity index (χ3n) is 3.22. The van der Waals surface area contributed by atoms with Gasteiger partial charge in [-0.05, 0) is 43.0 Å². The van der Waals surface area contributed by atoms with Crippen LogP contribution >= 0.6 is 0 Å². The molecule has 0 saturated carbocycles. The highest BCUT2D eigenvalue weighted by molar-refractivity contribution is 5.94. The molecule has 98 valence electrons. The van der Waals surface area contributed by atoms with Crippen LogP contribution in [-0.2, 0) is 4.74 Å². The maximum atomic E-state index is 11.4. The average molecular weight is 248 g/mol. The summed E-state index contributed by atoms with van der Waals surface area (Å²) in [6.45, 7) is 2.68. The molecule has 1 heterocycles. The Labute approximate surface area is 108 Å². The normalized spacial score (nSPS) is 19.3.